The molecule has 47 heavy (non-hydrogen) atoms. The first kappa shape index (κ1) is 31.0. The third-order valence-corrected chi connectivity index (χ3v) is 8.10. The summed E-state index contributed by atoms with van der Waals surface area (Å²) in [5.74, 6) is -1.01. The molecule has 7 nitrogen and oxygen atoms in total. The van der Waals surface area contributed by atoms with Crippen LogP contribution in [-0.4, -0.2) is 25.1 Å². The third-order valence-electron chi connectivity index (χ3n) is 8.10. The third kappa shape index (κ3) is 6.99. The van der Waals surface area contributed by atoms with Gasteiger partial charge in [-0.1, -0.05) is 91.5 Å². The van der Waals surface area contributed by atoms with Crippen molar-refractivity contribution in [3.05, 3.63) is 156 Å². The second-order valence-electron chi connectivity index (χ2n) is 11.2. The number of fused-ring (bicyclic) bond motifs is 2. The summed E-state index contributed by atoms with van der Waals surface area (Å²) in [5.41, 5.74) is 5.82. The normalized spacial score (nSPS) is 11.7. The standard InChI is InChI=1S/C40H34N2O5/c1-3-41(26-29-12-6-4-7-13-29)31-18-20-35-37(24-31)47-38-25-32(42(22-23-46-28(2)43)27-30-14-8-5-9-15-30)19-21-36(38)39(35)33-16-10-11-17-34(33)40(44)45/h3-21,24-25H,1,22-23,26-27H2,2H3. The smallest absolute Gasteiger partial charge is 0.302 e. The molecule has 0 saturated heterocycles. The van der Waals surface area contributed by atoms with E-state index in [1.807, 2.05) is 83.8 Å². The Kier molecular flexibility index (Phi) is 9.25. The van der Waals surface area contributed by atoms with Crippen molar-refractivity contribution in [3.63, 3.8) is 0 Å². The summed E-state index contributed by atoms with van der Waals surface area (Å²) in [7, 11) is 0. The molecule has 0 unspecified atom stereocenters. The maximum absolute atomic E-state index is 12.3. The summed E-state index contributed by atoms with van der Waals surface area (Å²) < 4.78 is 14.1. The van der Waals surface area contributed by atoms with Crippen molar-refractivity contribution in [2.24, 2.45) is 0 Å². The van der Waals surface area contributed by atoms with Crippen molar-refractivity contribution < 1.29 is 23.8 Å². The minimum absolute atomic E-state index is 0.0957. The van der Waals surface area contributed by atoms with E-state index in [0.29, 0.717) is 36.5 Å². The summed E-state index contributed by atoms with van der Waals surface area (Å²) >= 11 is 0. The number of ether oxygens (including phenoxy) is 1. The minimum atomic E-state index is -1.25. The van der Waals surface area contributed by atoms with E-state index in [9.17, 15) is 14.7 Å². The van der Waals surface area contributed by atoms with Gasteiger partial charge in [0.05, 0.1) is 12.0 Å². The van der Waals surface area contributed by atoms with Crippen LogP contribution in [0.15, 0.2) is 139 Å². The predicted molar refractivity (Wildman–Crippen MR) is 182 cm³/mol. The number of carboxylic acids is 1. The highest BCUT2D eigenvalue weighted by Crippen LogP contribution is 2.42. The molecule has 0 atom stereocenters. The topological polar surface area (TPSA) is 85.8 Å². The van der Waals surface area contributed by atoms with Gasteiger partial charge in [0.25, 0.3) is 0 Å². The van der Waals surface area contributed by atoms with Gasteiger partial charge < -0.3 is 24.0 Å². The second-order valence-corrected chi connectivity index (χ2v) is 11.2. The van der Waals surface area contributed by atoms with E-state index in [0.717, 1.165) is 38.7 Å². The van der Waals surface area contributed by atoms with Gasteiger partial charge in [-0.05, 0) is 35.5 Å². The van der Waals surface area contributed by atoms with E-state index in [1.165, 1.54) is 6.92 Å². The van der Waals surface area contributed by atoms with E-state index in [-0.39, 0.29) is 18.1 Å². The Bertz CT molecular complexity index is 2100. The molecule has 0 radical (unpaired) electrons. The first-order valence-electron chi connectivity index (χ1n) is 15.4. The quantitative estimate of drug-likeness (QED) is 0.0965. The number of rotatable bonds is 11. The Morgan fingerprint density at radius 2 is 1.55 bits per heavy atom. The van der Waals surface area contributed by atoms with Crippen LogP contribution in [0.5, 0.6) is 0 Å². The van der Waals surface area contributed by atoms with Gasteiger partial charge in [-0.25, -0.2) is 4.58 Å². The van der Waals surface area contributed by atoms with Crippen molar-refractivity contribution in [3.8, 4) is 22.5 Å². The number of anilines is 1. The summed E-state index contributed by atoms with van der Waals surface area (Å²) in [6.45, 7) is 7.33. The van der Waals surface area contributed by atoms with Crippen molar-refractivity contribution >= 4 is 28.6 Å². The van der Waals surface area contributed by atoms with Gasteiger partial charge in [0, 0.05) is 58.9 Å². The average molecular weight is 623 g/mol. The SMILES string of the molecule is C=CN(Cc1ccccc1)c1ccc2c(-c3ccccc3C(=O)[O-])c3ccc(=[N+](CCOC(C)=O)Cc4ccccc4)cc-3oc2c1. The molecule has 0 N–H and O–H groups in total. The lowest BCUT2D eigenvalue weighted by atomic mass is 9.90. The van der Waals surface area contributed by atoms with Crippen LogP contribution in [0.1, 0.15) is 28.4 Å². The Labute approximate surface area is 273 Å². The Balaban J connectivity index is 1.57. The molecule has 0 bridgehead atoms. The largest absolute Gasteiger partial charge is 0.545 e. The van der Waals surface area contributed by atoms with Crippen LogP contribution >= 0.6 is 0 Å². The molecule has 0 saturated carbocycles. The molecule has 0 amide bonds. The van der Waals surface area contributed by atoms with Crippen LogP contribution < -0.4 is 19.9 Å². The summed E-state index contributed by atoms with van der Waals surface area (Å²) in [5, 5.41) is 13.9. The first-order chi connectivity index (χ1) is 22.9. The molecule has 7 heteroatoms. The average Bonchev–Trinajstić information content (AvgIpc) is 3.09. The highest BCUT2D eigenvalue weighted by Gasteiger charge is 2.22. The minimum Gasteiger partial charge on any atom is -0.545 e. The molecule has 0 spiro atoms. The van der Waals surface area contributed by atoms with Crippen molar-refractivity contribution in [1.29, 1.82) is 0 Å². The molecule has 6 rings (SSSR count). The summed E-state index contributed by atoms with van der Waals surface area (Å²) in [4.78, 5) is 25.9. The number of benzene rings is 5. The Morgan fingerprint density at radius 1 is 0.851 bits per heavy atom. The Morgan fingerprint density at radius 3 is 2.26 bits per heavy atom. The molecule has 1 aliphatic carbocycles. The molecule has 0 fully saturated rings. The number of hydrogen-bond acceptors (Lipinski definition) is 6. The lowest BCUT2D eigenvalue weighted by Crippen LogP contribution is -2.33. The van der Waals surface area contributed by atoms with Crippen LogP contribution in [-0.2, 0) is 22.6 Å². The van der Waals surface area contributed by atoms with Crippen LogP contribution in [0.4, 0.5) is 5.69 Å². The van der Waals surface area contributed by atoms with Crippen LogP contribution in [0.3, 0.4) is 0 Å². The van der Waals surface area contributed by atoms with E-state index in [4.69, 9.17) is 9.15 Å². The molecule has 1 aliphatic heterocycles. The summed E-state index contributed by atoms with van der Waals surface area (Å²) in [6.07, 6.45) is 1.78. The maximum atomic E-state index is 12.3. The van der Waals surface area contributed by atoms with E-state index in [2.05, 4.69) is 35.4 Å². The van der Waals surface area contributed by atoms with Crippen molar-refractivity contribution in [1.82, 2.24) is 4.58 Å². The zero-order chi connectivity index (χ0) is 32.8. The molecule has 234 valence electrons. The number of aromatic carboxylic acids is 1. The molecule has 4 aromatic carbocycles. The van der Waals surface area contributed by atoms with Gasteiger partial charge >= 0.3 is 5.97 Å². The highest BCUT2D eigenvalue weighted by molar-refractivity contribution is 6.07. The van der Waals surface area contributed by atoms with E-state index in [1.54, 1.807) is 24.4 Å². The van der Waals surface area contributed by atoms with Gasteiger partial charge in [0.15, 0.2) is 13.1 Å². The van der Waals surface area contributed by atoms with Gasteiger partial charge in [-0.15, -0.1) is 0 Å². The molecule has 0 aromatic heterocycles. The molecule has 2 aliphatic rings. The fourth-order valence-electron chi connectivity index (χ4n) is 5.86. The first-order valence-corrected chi connectivity index (χ1v) is 15.4. The lowest BCUT2D eigenvalue weighted by Gasteiger charge is -2.22. The molecular formula is C40H34N2O5. The zero-order valence-electron chi connectivity index (χ0n) is 26.1. The van der Waals surface area contributed by atoms with Crippen LogP contribution in [0.2, 0.25) is 0 Å². The van der Waals surface area contributed by atoms with Gasteiger partial charge in [-0.3, -0.25) is 4.79 Å². The predicted octanol–water partition coefficient (Wildman–Crippen LogP) is 6.25. The maximum Gasteiger partial charge on any atom is 0.302 e. The fourth-order valence-corrected chi connectivity index (χ4v) is 5.86. The van der Waals surface area contributed by atoms with Crippen molar-refractivity contribution in [2.45, 2.75) is 20.0 Å². The lowest BCUT2D eigenvalue weighted by molar-refractivity contribution is -0.254. The number of nitrogens with zero attached hydrogens (tertiary/aromatic N) is 2. The number of carboxylic acid groups (broad SMARTS) is 1. The number of hydrogen-bond donors (Lipinski definition) is 0. The number of carbonyl (C=O) groups excluding carboxylic acids is 2. The molecule has 1 heterocycles. The van der Waals surface area contributed by atoms with Gasteiger partial charge in [0.2, 0.25) is 5.36 Å². The van der Waals surface area contributed by atoms with Crippen LogP contribution in [0.25, 0.3) is 33.4 Å². The van der Waals surface area contributed by atoms with E-state index < -0.39 is 5.97 Å². The number of esters is 1. The summed E-state index contributed by atoms with van der Waals surface area (Å²) in [6, 6.07) is 38.9. The highest BCUT2D eigenvalue weighted by atomic mass is 16.5. The van der Waals surface area contributed by atoms with Crippen LogP contribution in [0, 0.1) is 0 Å². The van der Waals surface area contributed by atoms with Gasteiger partial charge in [-0.2, -0.15) is 0 Å². The zero-order valence-corrected chi connectivity index (χ0v) is 26.1. The van der Waals surface area contributed by atoms with E-state index >= 15 is 0 Å². The molecular weight excluding hydrogens is 588 g/mol. The Hall–Kier alpha value is -5.95. The molecule has 4 aromatic rings. The fraction of sp³-hybridized carbons (Fsp3) is 0.125. The van der Waals surface area contributed by atoms with Gasteiger partial charge in [0.1, 0.15) is 18.0 Å². The second kappa shape index (κ2) is 14.0. The monoisotopic (exact) mass is 622 g/mol. The number of carbonyl (C=O) groups is 2. The van der Waals surface area contributed by atoms with Crippen molar-refractivity contribution in [2.75, 3.05) is 18.1 Å².